The van der Waals surface area contributed by atoms with Crippen LogP contribution in [-0.2, 0) is 0 Å². The van der Waals surface area contributed by atoms with Crippen molar-refractivity contribution in [2.75, 3.05) is 25.0 Å². The summed E-state index contributed by atoms with van der Waals surface area (Å²) >= 11 is 0. The summed E-state index contributed by atoms with van der Waals surface area (Å²) < 4.78 is 0. The molecule has 1 aromatic heterocycles. The summed E-state index contributed by atoms with van der Waals surface area (Å²) in [5.74, 6) is -0.644. The molecule has 1 unspecified atom stereocenters. The number of hydrogen-bond donors (Lipinski definition) is 2. The lowest BCUT2D eigenvalue weighted by atomic mass is 10.0. The Balaban J connectivity index is 1.73. The maximum absolute atomic E-state index is 10.8. The van der Waals surface area contributed by atoms with Crippen LogP contribution in [0.4, 0.5) is 5.95 Å². The number of carboxylic acids is 1. The van der Waals surface area contributed by atoms with E-state index >= 15 is 0 Å². The van der Waals surface area contributed by atoms with Gasteiger partial charge in [-0.3, -0.25) is 0 Å². The van der Waals surface area contributed by atoms with Gasteiger partial charge in [0.25, 0.3) is 0 Å². The minimum absolute atomic E-state index is 0.0205. The van der Waals surface area contributed by atoms with Gasteiger partial charge in [0, 0.05) is 25.3 Å². The van der Waals surface area contributed by atoms with Crippen molar-refractivity contribution in [3.05, 3.63) is 18.0 Å². The van der Waals surface area contributed by atoms with Crippen molar-refractivity contribution in [2.24, 2.45) is 0 Å². The molecule has 0 spiro atoms. The fraction of sp³-hybridized carbons (Fsp3) is 0.643. The van der Waals surface area contributed by atoms with E-state index in [2.05, 4.69) is 27.1 Å². The van der Waals surface area contributed by atoms with Crippen LogP contribution in [-0.4, -0.2) is 51.6 Å². The van der Waals surface area contributed by atoms with Crippen molar-refractivity contribution in [1.29, 1.82) is 0 Å². The molecule has 0 aromatic carbocycles. The normalized spacial score (nSPS) is 19.8. The van der Waals surface area contributed by atoms with Gasteiger partial charge in [-0.15, -0.1) is 0 Å². The largest absolute Gasteiger partial charge is 0.477 e. The number of likely N-dealkylation sites (tertiary alicyclic amines) is 1. The van der Waals surface area contributed by atoms with Gasteiger partial charge in [0.2, 0.25) is 5.95 Å². The number of anilines is 1. The van der Waals surface area contributed by atoms with Crippen LogP contribution in [0.3, 0.4) is 0 Å². The van der Waals surface area contributed by atoms with E-state index in [1.165, 1.54) is 38.1 Å². The summed E-state index contributed by atoms with van der Waals surface area (Å²) in [7, 11) is 0. The van der Waals surface area contributed by atoms with Gasteiger partial charge in [0.05, 0.1) is 0 Å². The molecule has 6 nitrogen and oxygen atoms in total. The van der Waals surface area contributed by atoms with E-state index < -0.39 is 5.97 Å². The van der Waals surface area contributed by atoms with E-state index in [9.17, 15) is 4.79 Å². The molecule has 6 heteroatoms. The summed E-state index contributed by atoms with van der Waals surface area (Å²) in [5.41, 5.74) is 0.0205. The summed E-state index contributed by atoms with van der Waals surface area (Å²) in [6.45, 7) is 5.29. The molecule has 1 aromatic rings. The van der Waals surface area contributed by atoms with Crippen LogP contribution in [0.2, 0.25) is 0 Å². The van der Waals surface area contributed by atoms with Crippen molar-refractivity contribution >= 4 is 11.9 Å². The maximum Gasteiger partial charge on any atom is 0.354 e. The zero-order valence-electron chi connectivity index (χ0n) is 11.9. The van der Waals surface area contributed by atoms with Crippen molar-refractivity contribution in [3.8, 4) is 0 Å². The molecular formula is C14H22N4O2. The summed E-state index contributed by atoms with van der Waals surface area (Å²) in [5, 5.41) is 11.9. The van der Waals surface area contributed by atoms with Gasteiger partial charge in [-0.2, -0.15) is 0 Å². The number of carboxylic acid groups (broad SMARTS) is 1. The zero-order chi connectivity index (χ0) is 14.4. The van der Waals surface area contributed by atoms with Crippen LogP contribution in [0.15, 0.2) is 12.3 Å². The monoisotopic (exact) mass is 278 g/mol. The first-order chi connectivity index (χ1) is 9.66. The second-order valence-corrected chi connectivity index (χ2v) is 5.23. The molecule has 1 atom stereocenters. The van der Waals surface area contributed by atoms with Gasteiger partial charge in [-0.25, -0.2) is 14.8 Å². The van der Waals surface area contributed by atoms with Gasteiger partial charge in [-0.1, -0.05) is 6.42 Å². The van der Waals surface area contributed by atoms with E-state index in [1.807, 2.05) is 0 Å². The predicted molar refractivity (Wildman–Crippen MR) is 77.0 cm³/mol. The van der Waals surface area contributed by atoms with E-state index in [0.29, 0.717) is 12.0 Å². The lowest BCUT2D eigenvalue weighted by Crippen LogP contribution is -2.38. The minimum Gasteiger partial charge on any atom is -0.477 e. The van der Waals surface area contributed by atoms with Crippen molar-refractivity contribution < 1.29 is 9.90 Å². The molecule has 1 aliphatic heterocycles. The first-order valence-corrected chi connectivity index (χ1v) is 7.21. The summed E-state index contributed by atoms with van der Waals surface area (Å²) in [6.07, 6.45) is 6.39. The number of aromatic nitrogens is 2. The van der Waals surface area contributed by atoms with Gasteiger partial charge >= 0.3 is 5.97 Å². The minimum atomic E-state index is -1.03. The number of hydrogen-bond acceptors (Lipinski definition) is 5. The van der Waals surface area contributed by atoms with Gasteiger partial charge in [0.15, 0.2) is 5.69 Å². The molecule has 2 rings (SSSR count). The van der Waals surface area contributed by atoms with Gasteiger partial charge in [0.1, 0.15) is 0 Å². The molecule has 2 heterocycles. The van der Waals surface area contributed by atoms with Crippen LogP contribution < -0.4 is 5.32 Å². The molecule has 1 aliphatic rings. The van der Waals surface area contributed by atoms with Crippen LogP contribution in [0.5, 0.6) is 0 Å². The first kappa shape index (κ1) is 14.7. The van der Waals surface area contributed by atoms with E-state index in [-0.39, 0.29) is 5.69 Å². The number of carbonyl (C=O) groups is 1. The smallest absolute Gasteiger partial charge is 0.354 e. The topological polar surface area (TPSA) is 78.4 Å². The summed E-state index contributed by atoms with van der Waals surface area (Å²) in [6, 6.07) is 2.07. The SMILES string of the molecule is CC1CCCCN1CCCNc1nccc(C(=O)O)n1. The Morgan fingerprint density at radius 2 is 2.40 bits per heavy atom. The van der Waals surface area contributed by atoms with Crippen molar-refractivity contribution in [1.82, 2.24) is 14.9 Å². The highest BCUT2D eigenvalue weighted by atomic mass is 16.4. The standard InChI is InChI=1S/C14H22N4O2/c1-11-5-2-3-9-18(11)10-4-7-15-14-16-8-6-12(17-14)13(19)20/h6,8,11H,2-5,7,9-10H2,1H3,(H,19,20)(H,15,16,17). The Morgan fingerprint density at radius 3 is 3.15 bits per heavy atom. The highest BCUT2D eigenvalue weighted by Gasteiger charge is 2.17. The second kappa shape index (κ2) is 7.19. The summed E-state index contributed by atoms with van der Waals surface area (Å²) in [4.78, 5) is 21.3. The van der Waals surface area contributed by atoms with Crippen molar-refractivity contribution in [3.63, 3.8) is 0 Å². The number of rotatable bonds is 6. The number of nitrogens with zero attached hydrogens (tertiary/aromatic N) is 3. The molecule has 1 saturated heterocycles. The molecule has 0 radical (unpaired) electrons. The fourth-order valence-corrected chi connectivity index (χ4v) is 2.54. The molecule has 1 fully saturated rings. The highest BCUT2D eigenvalue weighted by molar-refractivity contribution is 5.85. The molecule has 110 valence electrons. The van der Waals surface area contributed by atoms with E-state index in [4.69, 9.17) is 5.11 Å². The zero-order valence-corrected chi connectivity index (χ0v) is 11.9. The molecule has 0 bridgehead atoms. The molecule has 2 N–H and O–H groups in total. The predicted octanol–water partition coefficient (Wildman–Crippen LogP) is 1.85. The highest BCUT2D eigenvalue weighted by Crippen LogP contribution is 2.16. The van der Waals surface area contributed by atoms with Crippen LogP contribution in [0.25, 0.3) is 0 Å². The average molecular weight is 278 g/mol. The second-order valence-electron chi connectivity index (χ2n) is 5.23. The van der Waals surface area contributed by atoms with E-state index in [0.717, 1.165) is 19.5 Å². The fourth-order valence-electron chi connectivity index (χ4n) is 2.54. The van der Waals surface area contributed by atoms with Gasteiger partial charge < -0.3 is 15.3 Å². The van der Waals surface area contributed by atoms with Crippen LogP contribution in [0.1, 0.15) is 43.1 Å². The molecule has 0 saturated carbocycles. The Labute approximate surface area is 119 Å². The molecule has 0 aliphatic carbocycles. The maximum atomic E-state index is 10.8. The lowest BCUT2D eigenvalue weighted by Gasteiger charge is -2.33. The number of piperidine rings is 1. The molecule has 20 heavy (non-hydrogen) atoms. The third kappa shape index (κ3) is 4.16. The lowest BCUT2D eigenvalue weighted by molar-refractivity contribution is 0.0690. The van der Waals surface area contributed by atoms with Gasteiger partial charge in [-0.05, 0) is 38.8 Å². The quantitative estimate of drug-likeness (QED) is 0.773. The first-order valence-electron chi connectivity index (χ1n) is 7.21. The third-order valence-corrected chi connectivity index (χ3v) is 3.72. The Morgan fingerprint density at radius 1 is 1.55 bits per heavy atom. The number of nitrogens with one attached hydrogen (secondary N) is 1. The Bertz CT molecular complexity index is 453. The van der Waals surface area contributed by atoms with E-state index in [1.54, 1.807) is 0 Å². The Hall–Kier alpha value is -1.69. The van der Waals surface area contributed by atoms with Crippen molar-refractivity contribution in [2.45, 2.75) is 38.6 Å². The van der Waals surface area contributed by atoms with Crippen LogP contribution in [0, 0.1) is 0 Å². The molecular weight excluding hydrogens is 256 g/mol. The Kier molecular flexibility index (Phi) is 5.29. The third-order valence-electron chi connectivity index (χ3n) is 3.72. The average Bonchev–Trinajstić information content (AvgIpc) is 2.45. The van der Waals surface area contributed by atoms with Crippen LogP contribution >= 0.6 is 0 Å². The molecule has 0 amide bonds. The number of aromatic carboxylic acids is 1.